The maximum absolute atomic E-state index is 4.64. The van der Waals surface area contributed by atoms with E-state index in [0.717, 1.165) is 11.4 Å². The molecule has 0 amide bonds. The van der Waals surface area contributed by atoms with Crippen LogP contribution >= 0.6 is 11.3 Å². The van der Waals surface area contributed by atoms with Gasteiger partial charge >= 0.3 is 0 Å². The van der Waals surface area contributed by atoms with E-state index >= 15 is 0 Å². The Hall–Kier alpha value is -0.900. The molecule has 4 heteroatoms. The molecule has 0 aliphatic heterocycles. The second-order valence-electron chi connectivity index (χ2n) is 2.12. The Kier molecular flexibility index (Phi) is 2.59. The van der Waals surface area contributed by atoms with Crippen molar-refractivity contribution in [3.63, 3.8) is 0 Å². The molecular formula is C7H10N2OS. The summed E-state index contributed by atoms with van der Waals surface area (Å²) in [6.45, 7) is 3.90. The van der Waals surface area contributed by atoms with Crippen LogP contribution < -0.4 is 0 Å². The zero-order valence-electron chi connectivity index (χ0n) is 6.79. The highest BCUT2D eigenvalue weighted by Gasteiger charge is 2.04. The van der Waals surface area contributed by atoms with E-state index in [1.54, 1.807) is 16.8 Å². The number of nitrogens with zero attached hydrogens (tertiary/aromatic N) is 2. The van der Waals surface area contributed by atoms with Crippen molar-refractivity contribution in [3.05, 3.63) is 16.1 Å². The van der Waals surface area contributed by atoms with Crippen LogP contribution in [-0.2, 0) is 4.84 Å². The van der Waals surface area contributed by atoms with Gasteiger partial charge in [0.05, 0.1) is 5.51 Å². The number of rotatable bonds is 2. The van der Waals surface area contributed by atoms with Crippen molar-refractivity contribution < 1.29 is 4.84 Å². The molecule has 0 fully saturated rings. The van der Waals surface area contributed by atoms with Crippen molar-refractivity contribution in [2.75, 3.05) is 7.11 Å². The van der Waals surface area contributed by atoms with Gasteiger partial charge in [0.25, 0.3) is 0 Å². The lowest BCUT2D eigenvalue weighted by molar-refractivity contribution is 0.213. The lowest BCUT2D eigenvalue weighted by atomic mass is 10.3. The van der Waals surface area contributed by atoms with Gasteiger partial charge in [-0.05, 0) is 13.8 Å². The minimum absolute atomic E-state index is 0.825. The molecule has 1 rings (SSSR count). The average molecular weight is 170 g/mol. The molecule has 0 spiro atoms. The van der Waals surface area contributed by atoms with Gasteiger partial charge in [-0.25, -0.2) is 4.98 Å². The van der Waals surface area contributed by atoms with Crippen LogP contribution in [0.1, 0.15) is 17.5 Å². The zero-order valence-corrected chi connectivity index (χ0v) is 7.60. The van der Waals surface area contributed by atoms with Crippen LogP contribution in [0, 0.1) is 6.92 Å². The van der Waals surface area contributed by atoms with E-state index in [2.05, 4.69) is 15.0 Å². The molecule has 0 saturated carbocycles. The molecule has 0 N–H and O–H groups in total. The van der Waals surface area contributed by atoms with E-state index in [-0.39, 0.29) is 0 Å². The third kappa shape index (κ3) is 1.77. The van der Waals surface area contributed by atoms with Gasteiger partial charge < -0.3 is 4.84 Å². The lowest BCUT2D eigenvalue weighted by Crippen LogP contribution is -1.97. The molecule has 0 unspecified atom stereocenters. The maximum Gasteiger partial charge on any atom is 0.106 e. The topological polar surface area (TPSA) is 34.5 Å². The molecule has 0 aromatic carbocycles. The Bertz CT molecular complexity index is 267. The largest absolute Gasteiger partial charge is 0.399 e. The van der Waals surface area contributed by atoms with Crippen molar-refractivity contribution >= 4 is 17.0 Å². The first kappa shape index (κ1) is 8.20. The highest BCUT2D eigenvalue weighted by molar-refractivity contribution is 7.09. The van der Waals surface area contributed by atoms with Gasteiger partial charge in [-0.2, -0.15) is 0 Å². The first-order chi connectivity index (χ1) is 5.25. The zero-order chi connectivity index (χ0) is 8.27. The van der Waals surface area contributed by atoms with Crippen LogP contribution in [0.5, 0.6) is 0 Å². The van der Waals surface area contributed by atoms with Crippen LogP contribution in [0.25, 0.3) is 0 Å². The quantitative estimate of drug-likeness (QED) is 0.501. The van der Waals surface area contributed by atoms with Gasteiger partial charge in [0.1, 0.15) is 18.5 Å². The molecule has 1 aromatic rings. The average Bonchev–Trinajstić information content (AvgIpc) is 2.36. The molecular weight excluding hydrogens is 160 g/mol. The monoisotopic (exact) mass is 170 g/mol. The summed E-state index contributed by atoms with van der Waals surface area (Å²) in [5.41, 5.74) is 3.56. The Labute approximate surface area is 69.7 Å². The molecule has 0 radical (unpaired) electrons. The second-order valence-corrected chi connectivity index (χ2v) is 3.18. The maximum atomic E-state index is 4.64. The summed E-state index contributed by atoms with van der Waals surface area (Å²) in [5.74, 6) is 0. The van der Waals surface area contributed by atoms with E-state index in [1.165, 1.54) is 12.0 Å². The van der Waals surface area contributed by atoms with Crippen LogP contribution in [0.15, 0.2) is 10.7 Å². The van der Waals surface area contributed by atoms with E-state index in [4.69, 9.17) is 0 Å². The molecule has 60 valence electrons. The molecule has 0 aliphatic carbocycles. The third-order valence-corrected chi connectivity index (χ3v) is 2.07. The molecule has 1 heterocycles. The predicted molar refractivity (Wildman–Crippen MR) is 46.1 cm³/mol. The minimum atomic E-state index is 0.825. The molecule has 3 nitrogen and oxygen atoms in total. The first-order valence-electron chi connectivity index (χ1n) is 3.24. The van der Waals surface area contributed by atoms with Crippen molar-refractivity contribution in [3.8, 4) is 0 Å². The Balaban J connectivity index is 2.92. The molecule has 0 saturated heterocycles. The fraction of sp³-hybridized carbons (Fsp3) is 0.429. The SMILES string of the molecule is CON=C(C)c1ncsc1C. The van der Waals surface area contributed by atoms with Crippen molar-refractivity contribution in [1.29, 1.82) is 0 Å². The Morgan fingerprint density at radius 2 is 2.45 bits per heavy atom. The second kappa shape index (κ2) is 3.48. The molecule has 0 aliphatic rings. The van der Waals surface area contributed by atoms with Crippen molar-refractivity contribution in [2.24, 2.45) is 5.16 Å². The fourth-order valence-corrected chi connectivity index (χ4v) is 1.46. The summed E-state index contributed by atoms with van der Waals surface area (Å²) < 4.78 is 0. The number of oxime groups is 1. The number of hydrogen-bond donors (Lipinski definition) is 0. The van der Waals surface area contributed by atoms with Crippen molar-refractivity contribution in [1.82, 2.24) is 4.98 Å². The standard InChI is InChI=1S/C7H10N2OS/c1-5(9-10-3)7-6(2)11-4-8-7/h4H,1-3H3. The highest BCUT2D eigenvalue weighted by atomic mass is 32.1. The van der Waals surface area contributed by atoms with Crippen molar-refractivity contribution in [2.45, 2.75) is 13.8 Å². The number of thiazole rings is 1. The summed E-state index contributed by atoms with van der Waals surface area (Å²) in [4.78, 5) is 9.95. The number of hydrogen-bond acceptors (Lipinski definition) is 4. The third-order valence-electron chi connectivity index (χ3n) is 1.32. The molecule has 11 heavy (non-hydrogen) atoms. The lowest BCUT2D eigenvalue weighted by Gasteiger charge is -1.94. The predicted octanol–water partition coefficient (Wildman–Crippen LogP) is 1.82. The molecule has 0 bridgehead atoms. The van der Waals surface area contributed by atoms with Crippen LogP contribution in [0.2, 0.25) is 0 Å². The number of aromatic nitrogens is 1. The molecule has 0 atom stereocenters. The normalized spacial score (nSPS) is 11.7. The van der Waals surface area contributed by atoms with Gasteiger partial charge in [0.15, 0.2) is 0 Å². The highest BCUT2D eigenvalue weighted by Crippen LogP contribution is 2.11. The van der Waals surface area contributed by atoms with E-state index in [0.29, 0.717) is 0 Å². The van der Waals surface area contributed by atoms with Gasteiger partial charge in [-0.3, -0.25) is 0 Å². The minimum Gasteiger partial charge on any atom is -0.399 e. The first-order valence-corrected chi connectivity index (χ1v) is 4.12. The van der Waals surface area contributed by atoms with Gasteiger partial charge in [-0.15, -0.1) is 11.3 Å². The van der Waals surface area contributed by atoms with E-state index < -0.39 is 0 Å². The molecule has 1 aromatic heterocycles. The summed E-state index contributed by atoms with van der Waals surface area (Å²) in [6.07, 6.45) is 0. The smallest absolute Gasteiger partial charge is 0.106 e. The Morgan fingerprint density at radius 1 is 1.73 bits per heavy atom. The van der Waals surface area contributed by atoms with Crippen LogP contribution in [-0.4, -0.2) is 17.8 Å². The van der Waals surface area contributed by atoms with Crippen LogP contribution in [0.4, 0.5) is 0 Å². The Morgan fingerprint density at radius 3 is 2.91 bits per heavy atom. The summed E-state index contributed by atoms with van der Waals surface area (Å²) in [5, 5.41) is 3.79. The summed E-state index contributed by atoms with van der Waals surface area (Å²) in [6, 6.07) is 0. The van der Waals surface area contributed by atoms with E-state index in [1.807, 2.05) is 13.8 Å². The van der Waals surface area contributed by atoms with Gasteiger partial charge in [0, 0.05) is 4.88 Å². The summed E-state index contributed by atoms with van der Waals surface area (Å²) in [7, 11) is 1.53. The van der Waals surface area contributed by atoms with E-state index in [9.17, 15) is 0 Å². The fourth-order valence-electron chi connectivity index (χ4n) is 0.833. The van der Waals surface area contributed by atoms with Gasteiger partial charge in [-0.1, -0.05) is 5.16 Å². The number of aryl methyl sites for hydroxylation is 1. The van der Waals surface area contributed by atoms with Gasteiger partial charge in [0.2, 0.25) is 0 Å². The summed E-state index contributed by atoms with van der Waals surface area (Å²) >= 11 is 1.61. The van der Waals surface area contributed by atoms with Crippen LogP contribution in [0.3, 0.4) is 0 Å².